The van der Waals surface area contributed by atoms with Gasteiger partial charge in [0.1, 0.15) is 0 Å². The normalized spacial score (nSPS) is 24.4. The molecule has 92 valence electrons. The van der Waals surface area contributed by atoms with Gasteiger partial charge in [-0.1, -0.05) is 6.07 Å². The van der Waals surface area contributed by atoms with Crippen LogP contribution in [0.15, 0.2) is 24.3 Å². The van der Waals surface area contributed by atoms with Gasteiger partial charge in [0.2, 0.25) is 5.91 Å². The fraction of sp³-hybridized carbons (Fsp3) is 0.462. The van der Waals surface area contributed by atoms with Crippen LogP contribution in [0.3, 0.4) is 0 Å². The molecule has 2 N–H and O–H groups in total. The number of halogens is 1. The molecule has 0 radical (unpaired) electrons. The van der Waals surface area contributed by atoms with Crippen molar-refractivity contribution in [3.05, 3.63) is 27.8 Å². The minimum atomic E-state index is -0.417. The van der Waals surface area contributed by atoms with Crippen molar-refractivity contribution in [2.45, 2.75) is 31.7 Å². The van der Waals surface area contributed by atoms with Crippen LogP contribution in [0.5, 0.6) is 0 Å². The summed E-state index contributed by atoms with van der Waals surface area (Å²) in [6.07, 6.45) is 3.18. The Bertz CT molecular complexity index is 414. The van der Waals surface area contributed by atoms with E-state index < -0.39 is 5.54 Å². The van der Waals surface area contributed by atoms with Gasteiger partial charge in [-0.15, -0.1) is 0 Å². The summed E-state index contributed by atoms with van der Waals surface area (Å²) >= 11 is 2.24. The minimum Gasteiger partial charge on any atom is -0.324 e. The van der Waals surface area contributed by atoms with E-state index in [2.05, 4.69) is 33.2 Å². The van der Waals surface area contributed by atoms with E-state index in [0.29, 0.717) is 0 Å². The number of anilines is 1. The van der Waals surface area contributed by atoms with Crippen LogP contribution in [0.2, 0.25) is 0 Å². The third kappa shape index (κ3) is 3.19. The lowest BCUT2D eigenvalue weighted by Crippen LogP contribution is -2.54. The fourth-order valence-electron chi connectivity index (χ4n) is 2.09. The number of carbonyl (C=O) groups excluding carboxylic acids is 1. The van der Waals surface area contributed by atoms with Crippen molar-refractivity contribution in [3.8, 4) is 0 Å². The van der Waals surface area contributed by atoms with Crippen LogP contribution in [0.25, 0.3) is 0 Å². The highest BCUT2D eigenvalue weighted by Crippen LogP contribution is 2.21. The molecule has 1 aromatic rings. The molecule has 1 fully saturated rings. The number of hydrogen-bond acceptors (Lipinski definition) is 2. The zero-order valence-corrected chi connectivity index (χ0v) is 12.1. The average Bonchev–Trinajstić information content (AvgIpc) is 2.30. The second-order valence-electron chi connectivity index (χ2n) is 4.68. The number of carbonyl (C=O) groups is 1. The molecule has 1 aromatic carbocycles. The molecule has 1 amide bonds. The van der Waals surface area contributed by atoms with Crippen LogP contribution >= 0.6 is 22.6 Å². The standard InChI is InChI=1S/C13H17IN2O/c1-13(7-2-3-8-15-13)12(17)16-11-6-4-5-10(14)9-11/h4-6,9,15H,2-3,7-8H2,1H3,(H,16,17). The minimum absolute atomic E-state index is 0.0687. The van der Waals surface area contributed by atoms with Crippen LogP contribution in [0, 0.1) is 3.57 Å². The van der Waals surface area contributed by atoms with Crippen molar-refractivity contribution < 1.29 is 4.79 Å². The zero-order valence-electron chi connectivity index (χ0n) is 9.92. The summed E-state index contributed by atoms with van der Waals surface area (Å²) < 4.78 is 1.13. The van der Waals surface area contributed by atoms with Gasteiger partial charge in [-0.3, -0.25) is 4.79 Å². The lowest BCUT2D eigenvalue weighted by Gasteiger charge is -2.33. The average molecular weight is 344 g/mol. The maximum absolute atomic E-state index is 12.2. The van der Waals surface area contributed by atoms with Gasteiger partial charge in [0.15, 0.2) is 0 Å². The molecule has 1 aliphatic heterocycles. The second kappa shape index (κ2) is 5.35. The number of piperidine rings is 1. The van der Waals surface area contributed by atoms with Gasteiger partial charge in [0.05, 0.1) is 5.54 Å². The van der Waals surface area contributed by atoms with Crippen LogP contribution in [-0.2, 0) is 4.79 Å². The van der Waals surface area contributed by atoms with E-state index in [9.17, 15) is 4.79 Å². The number of amides is 1. The van der Waals surface area contributed by atoms with Crippen LogP contribution < -0.4 is 10.6 Å². The predicted molar refractivity (Wildman–Crippen MR) is 78.0 cm³/mol. The molecule has 1 saturated heterocycles. The summed E-state index contributed by atoms with van der Waals surface area (Å²) in [4.78, 5) is 12.2. The molecule has 17 heavy (non-hydrogen) atoms. The Morgan fingerprint density at radius 2 is 2.29 bits per heavy atom. The summed E-state index contributed by atoms with van der Waals surface area (Å²) in [5.74, 6) is 0.0687. The largest absolute Gasteiger partial charge is 0.324 e. The first-order chi connectivity index (χ1) is 8.10. The highest BCUT2D eigenvalue weighted by Gasteiger charge is 2.34. The Kier molecular flexibility index (Phi) is 4.04. The van der Waals surface area contributed by atoms with E-state index in [4.69, 9.17) is 0 Å². The van der Waals surface area contributed by atoms with Crippen molar-refractivity contribution in [1.29, 1.82) is 0 Å². The molecule has 2 rings (SSSR count). The van der Waals surface area contributed by atoms with Crippen molar-refractivity contribution >= 4 is 34.2 Å². The molecule has 0 aliphatic carbocycles. The topological polar surface area (TPSA) is 41.1 Å². The van der Waals surface area contributed by atoms with E-state index in [0.717, 1.165) is 35.1 Å². The molecule has 0 spiro atoms. The van der Waals surface area contributed by atoms with E-state index >= 15 is 0 Å². The quantitative estimate of drug-likeness (QED) is 0.810. The van der Waals surface area contributed by atoms with E-state index in [1.807, 2.05) is 31.2 Å². The highest BCUT2D eigenvalue weighted by molar-refractivity contribution is 14.1. The lowest BCUT2D eigenvalue weighted by molar-refractivity contribution is -0.122. The van der Waals surface area contributed by atoms with E-state index in [1.165, 1.54) is 0 Å². The maximum atomic E-state index is 12.2. The Balaban J connectivity index is 2.05. The van der Waals surface area contributed by atoms with E-state index in [1.54, 1.807) is 0 Å². The SMILES string of the molecule is CC1(C(=O)Nc2cccc(I)c2)CCCCN1. The molecule has 1 heterocycles. The van der Waals surface area contributed by atoms with Gasteiger partial charge in [-0.2, -0.15) is 0 Å². The van der Waals surface area contributed by atoms with Gasteiger partial charge in [-0.05, 0) is 73.5 Å². The molecule has 4 heteroatoms. The first-order valence-corrected chi connectivity index (χ1v) is 7.00. The third-order valence-corrected chi connectivity index (χ3v) is 3.87. The first kappa shape index (κ1) is 12.8. The molecular weight excluding hydrogens is 327 g/mol. The Hall–Kier alpha value is -0.620. The highest BCUT2D eigenvalue weighted by atomic mass is 127. The number of rotatable bonds is 2. The number of nitrogens with one attached hydrogen (secondary N) is 2. The second-order valence-corrected chi connectivity index (χ2v) is 5.93. The maximum Gasteiger partial charge on any atom is 0.244 e. The summed E-state index contributed by atoms with van der Waals surface area (Å²) in [5, 5.41) is 6.30. The van der Waals surface area contributed by atoms with Crippen molar-refractivity contribution in [1.82, 2.24) is 5.32 Å². The van der Waals surface area contributed by atoms with Crippen molar-refractivity contribution in [3.63, 3.8) is 0 Å². The Labute approximate surface area is 116 Å². The van der Waals surface area contributed by atoms with E-state index in [-0.39, 0.29) is 5.91 Å². The van der Waals surface area contributed by atoms with Gasteiger partial charge in [-0.25, -0.2) is 0 Å². The van der Waals surface area contributed by atoms with Crippen molar-refractivity contribution in [2.24, 2.45) is 0 Å². The monoisotopic (exact) mass is 344 g/mol. The lowest BCUT2D eigenvalue weighted by atomic mass is 9.90. The number of benzene rings is 1. The molecule has 1 aliphatic rings. The van der Waals surface area contributed by atoms with Gasteiger partial charge in [0, 0.05) is 9.26 Å². The number of hydrogen-bond donors (Lipinski definition) is 2. The molecule has 0 aromatic heterocycles. The van der Waals surface area contributed by atoms with Gasteiger partial charge < -0.3 is 10.6 Å². The third-order valence-electron chi connectivity index (χ3n) is 3.20. The van der Waals surface area contributed by atoms with Crippen LogP contribution in [0.4, 0.5) is 5.69 Å². The Morgan fingerprint density at radius 1 is 1.47 bits per heavy atom. The van der Waals surface area contributed by atoms with Crippen molar-refractivity contribution in [2.75, 3.05) is 11.9 Å². The summed E-state index contributed by atoms with van der Waals surface area (Å²) in [5.41, 5.74) is 0.454. The summed E-state index contributed by atoms with van der Waals surface area (Å²) in [7, 11) is 0. The molecule has 0 bridgehead atoms. The molecule has 1 unspecified atom stereocenters. The molecule has 3 nitrogen and oxygen atoms in total. The molecule has 1 atom stereocenters. The fourth-order valence-corrected chi connectivity index (χ4v) is 2.63. The molecule has 0 saturated carbocycles. The smallest absolute Gasteiger partial charge is 0.244 e. The summed E-state index contributed by atoms with van der Waals surface area (Å²) in [6, 6.07) is 7.86. The van der Waals surface area contributed by atoms with Gasteiger partial charge in [0.25, 0.3) is 0 Å². The zero-order chi connectivity index (χ0) is 12.3. The van der Waals surface area contributed by atoms with Gasteiger partial charge >= 0.3 is 0 Å². The molecular formula is C13H17IN2O. The van der Waals surface area contributed by atoms with Crippen LogP contribution in [0.1, 0.15) is 26.2 Å². The Morgan fingerprint density at radius 3 is 2.94 bits per heavy atom. The summed E-state index contributed by atoms with van der Waals surface area (Å²) in [6.45, 7) is 2.91. The first-order valence-electron chi connectivity index (χ1n) is 5.92. The van der Waals surface area contributed by atoms with Crippen LogP contribution in [-0.4, -0.2) is 18.0 Å². The predicted octanol–water partition coefficient (Wildman–Crippen LogP) is 2.76.